The van der Waals surface area contributed by atoms with Gasteiger partial charge >= 0.3 is 0 Å². The Morgan fingerprint density at radius 3 is 1.91 bits per heavy atom. The van der Waals surface area contributed by atoms with E-state index < -0.39 is 0 Å². The fourth-order valence-corrected chi connectivity index (χ4v) is 3.04. The Morgan fingerprint density at radius 2 is 1.22 bits per heavy atom. The van der Waals surface area contributed by atoms with E-state index in [1.54, 1.807) is 30.3 Å². The zero-order chi connectivity index (χ0) is 16.1. The Hall–Kier alpha value is -3.01. The molecule has 0 aliphatic heterocycles. The number of fused-ring (bicyclic) bond motifs is 2. The lowest BCUT2D eigenvalue weighted by Crippen LogP contribution is -1.95. The molecule has 4 heteroatoms. The molecule has 0 spiro atoms. The lowest BCUT2D eigenvalue weighted by Gasteiger charge is -2.08. The van der Waals surface area contributed by atoms with Gasteiger partial charge < -0.3 is 4.74 Å². The van der Waals surface area contributed by atoms with Gasteiger partial charge in [-0.25, -0.2) is 0 Å². The Kier molecular flexibility index (Phi) is 2.81. The molecule has 0 saturated heterocycles. The summed E-state index contributed by atoms with van der Waals surface area (Å²) in [6, 6.07) is 10.1. The molecule has 0 heterocycles. The van der Waals surface area contributed by atoms with E-state index in [0.29, 0.717) is 34.6 Å². The van der Waals surface area contributed by atoms with Gasteiger partial charge in [0.2, 0.25) is 0 Å². The van der Waals surface area contributed by atoms with E-state index in [1.807, 2.05) is 6.07 Å². The van der Waals surface area contributed by atoms with E-state index in [2.05, 4.69) is 6.58 Å². The van der Waals surface area contributed by atoms with Crippen LogP contribution in [-0.2, 0) is 0 Å². The molecule has 0 amide bonds. The van der Waals surface area contributed by atoms with Crippen LogP contribution in [0.25, 0.3) is 5.57 Å². The molecule has 2 aromatic carbocycles. The first-order valence-corrected chi connectivity index (χ1v) is 7.26. The fraction of sp³-hybridized carbons (Fsp3) is 0.105. The summed E-state index contributed by atoms with van der Waals surface area (Å²) in [6.45, 7) is 3.88. The molecular formula is C19H12O4. The molecule has 2 aromatic rings. The quantitative estimate of drug-likeness (QED) is 0.791. The molecule has 23 heavy (non-hydrogen) atoms. The van der Waals surface area contributed by atoms with Crippen LogP contribution in [0.5, 0.6) is 11.5 Å². The van der Waals surface area contributed by atoms with Crippen molar-refractivity contribution in [1.82, 2.24) is 0 Å². The number of carbonyl (C=O) groups is 3. The largest absolute Gasteiger partial charge is 0.457 e. The predicted octanol–water partition coefficient (Wildman–Crippen LogP) is 3.85. The Bertz CT molecular complexity index is 845. The number of rotatable bonds is 2. The van der Waals surface area contributed by atoms with Gasteiger partial charge in [0.05, 0.1) is 6.42 Å². The first-order chi connectivity index (χ1) is 11.0. The minimum Gasteiger partial charge on any atom is -0.457 e. The van der Waals surface area contributed by atoms with Crippen molar-refractivity contribution in [1.29, 1.82) is 0 Å². The van der Waals surface area contributed by atoms with Gasteiger partial charge in [-0.3, -0.25) is 14.4 Å². The minimum atomic E-state index is -0.184. The molecule has 0 fully saturated rings. The van der Waals surface area contributed by atoms with Gasteiger partial charge in [0.15, 0.2) is 17.3 Å². The number of Topliss-reactive ketones (excluding diaryl/α,β-unsaturated/α-hetero) is 3. The highest BCUT2D eigenvalue weighted by molar-refractivity contribution is 6.24. The van der Waals surface area contributed by atoms with Crippen LogP contribution in [0.15, 0.2) is 43.0 Å². The van der Waals surface area contributed by atoms with E-state index in [1.165, 1.54) is 0 Å². The van der Waals surface area contributed by atoms with E-state index in [-0.39, 0.29) is 23.8 Å². The molecule has 4 rings (SSSR count). The average Bonchev–Trinajstić information content (AvgIpc) is 2.96. The predicted molar refractivity (Wildman–Crippen MR) is 84.2 cm³/mol. The van der Waals surface area contributed by atoms with Crippen LogP contribution >= 0.6 is 0 Å². The molecule has 2 aliphatic carbocycles. The van der Waals surface area contributed by atoms with Crippen LogP contribution in [0.1, 0.15) is 49.5 Å². The van der Waals surface area contributed by atoms with Crippen molar-refractivity contribution in [3.8, 4) is 11.5 Å². The van der Waals surface area contributed by atoms with E-state index in [0.717, 1.165) is 11.1 Å². The maximum atomic E-state index is 11.9. The van der Waals surface area contributed by atoms with Crippen molar-refractivity contribution in [2.24, 2.45) is 0 Å². The maximum Gasteiger partial charge on any atom is 0.171 e. The standard InChI is InChI=1S/C19H12O4/c1-10-6-17(20)15-7-11(2-4-13(10)15)23-12-3-5-14-16(8-12)19(22)9-18(14)21/h2-5,7-8H,1,6,9H2. The number of hydrogen-bond acceptors (Lipinski definition) is 4. The summed E-state index contributed by atoms with van der Waals surface area (Å²) in [5, 5.41) is 0. The third kappa shape index (κ3) is 2.11. The van der Waals surface area contributed by atoms with Crippen molar-refractivity contribution < 1.29 is 19.1 Å². The van der Waals surface area contributed by atoms with Gasteiger partial charge in [-0.2, -0.15) is 0 Å². The summed E-state index contributed by atoms with van der Waals surface area (Å²) < 4.78 is 5.75. The number of benzene rings is 2. The average molecular weight is 304 g/mol. The van der Waals surface area contributed by atoms with Crippen molar-refractivity contribution in [3.05, 3.63) is 65.2 Å². The molecule has 112 valence electrons. The van der Waals surface area contributed by atoms with Gasteiger partial charge in [-0.05, 0) is 41.5 Å². The summed E-state index contributed by atoms with van der Waals surface area (Å²) in [5.41, 5.74) is 3.14. The first-order valence-electron chi connectivity index (χ1n) is 7.26. The van der Waals surface area contributed by atoms with Gasteiger partial charge in [0, 0.05) is 23.1 Å². The third-order valence-corrected chi connectivity index (χ3v) is 4.19. The van der Waals surface area contributed by atoms with Crippen LogP contribution < -0.4 is 4.74 Å². The molecule has 0 saturated carbocycles. The van der Waals surface area contributed by atoms with E-state index >= 15 is 0 Å². The van der Waals surface area contributed by atoms with Crippen LogP contribution in [0.4, 0.5) is 0 Å². The maximum absolute atomic E-state index is 11.9. The van der Waals surface area contributed by atoms with Crippen molar-refractivity contribution >= 4 is 22.9 Å². The summed E-state index contributed by atoms with van der Waals surface area (Å²) in [7, 11) is 0. The lowest BCUT2D eigenvalue weighted by atomic mass is 10.1. The van der Waals surface area contributed by atoms with Crippen molar-refractivity contribution in [2.45, 2.75) is 12.8 Å². The number of allylic oxidation sites excluding steroid dienone is 1. The third-order valence-electron chi connectivity index (χ3n) is 4.19. The lowest BCUT2D eigenvalue weighted by molar-refractivity contribution is 0.0921. The zero-order valence-electron chi connectivity index (χ0n) is 12.2. The second-order valence-corrected chi connectivity index (χ2v) is 5.74. The van der Waals surface area contributed by atoms with Crippen LogP contribution in [0.2, 0.25) is 0 Å². The molecule has 0 radical (unpaired) electrons. The molecule has 2 aliphatic rings. The van der Waals surface area contributed by atoms with Crippen molar-refractivity contribution in [3.63, 3.8) is 0 Å². The number of ether oxygens (including phenoxy) is 1. The molecule has 0 unspecified atom stereocenters. The molecule has 0 N–H and O–H groups in total. The monoisotopic (exact) mass is 304 g/mol. The number of hydrogen-bond donors (Lipinski definition) is 0. The SMILES string of the molecule is C=C1CC(=O)c2cc(Oc3ccc4c(c3)C(=O)CC4=O)ccc21. The second-order valence-electron chi connectivity index (χ2n) is 5.74. The molecule has 4 nitrogen and oxygen atoms in total. The highest BCUT2D eigenvalue weighted by Crippen LogP contribution is 2.35. The number of ketones is 3. The highest BCUT2D eigenvalue weighted by atomic mass is 16.5. The van der Waals surface area contributed by atoms with Gasteiger partial charge in [0.25, 0.3) is 0 Å². The van der Waals surface area contributed by atoms with Crippen LogP contribution in [0, 0.1) is 0 Å². The Labute approximate surface area is 132 Å². The summed E-state index contributed by atoms with van der Waals surface area (Å²) in [4.78, 5) is 35.3. The van der Waals surface area contributed by atoms with Gasteiger partial charge in [-0.15, -0.1) is 0 Å². The molecule has 0 aromatic heterocycles. The Morgan fingerprint density at radius 1 is 0.696 bits per heavy atom. The summed E-state index contributed by atoms with van der Waals surface area (Å²) >= 11 is 0. The van der Waals surface area contributed by atoms with E-state index in [9.17, 15) is 14.4 Å². The smallest absolute Gasteiger partial charge is 0.171 e. The topological polar surface area (TPSA) is 60.4 Å². The van der Waals surface area contributed by atoms with Crippen LogP contribution in [0.3, 0.4) is 0 Å². The van der Waals surface area contributed by atoms with Gasteiger partial charge in [-0.1, -0.05) is 12.6 Å². The fourth-order valence-electron chi connectivity index (χ4n) is 3.04. The summed E-state index contributed by atoms with van der Waals surface area (Å²) in [6.07, 6.45) is 0.266. The highest BCUT2D eigenvalue weighted by Gasteiger charge is 2.28. The first kappa shape index (κ1) is 13.6. The van der Waals surface area contributed by atoms with Crippen LogP contribution in [-0.4, -0.2) is 17.3 Å². The van der Waals surface area contributed by atoms with Gasteiger partial charge in [0.1, 0.15) is 11.5 Å². The summed E-state index contributed by atoms with van der Waals surface area (Å²) in [5.74, 6) is 0.679. The molecular weight excluding hydrogens is 292 g/mol. The second kappa shape index (κ2) is 4.74. The number of carbonyl (C=O) groups excluding carboxylic acids is 3. The zero-order valence-corrected chi connectivity index (χ0v) is 12.2. The normalized spacial score (nSPS) is 15.8. The molecule has 0 atom stereocenters. The molecule has 0 bridgehead atoms. The minimum absolute atomic E-state index is 0.0326. The van der Waals surface area contributed by atoms with E-state index in [4.69, 9.17) is 4.74 Å². The Balaban J connectivity index is 1.68. The van der Waals surface area contributed by atoms with Crippen molar-refractivity contribution in [2.75, 3.05) is 0 Å².